The van der Waals surface area contributed by atoms with E-state index in [1.807, 2.05) is 145 Å². The summed E-state index contributed by atoms with van der Waals surface area (Å²) in [5, 5.41) is 20.4. The molecule has 0 aliphatic carbocycles. The van der Waals surface area contributed by atoms with Crippen LogP contribution in [0.25, 0.3) is 0 Å². The maximum absolute atomic E-state index is 12.8. The van der Waals surface area contributed by atoms with Gasteiger partial charge < -0.3 is 78.9 Å². The molecule has 22 nitrogen and oxygen atoms in total. The molecule has 39 heteroatoms. The van der Waals surface area contributed by atoms with Gasteiger partial charge in [-0.15, -0.1) is 24.8 Å². The number of hydrogen-bond donors (Lipinski definition) is 11. The Morgan fingerprint density at radius 2 is 0.760 bits per heavy atom. The first-order chi connectivity index (χ1) is 57.8. The molecule has 0 radical (unpaired) electrons. The Labute approximate surface area is 791 Å². The molecular weight excluding hydrogens is 1950 g/mol. The minimum absolute atomic E-state index is 0. The van der Waals surface area contributed by atoms with Crippen molar-refractivity contribution in [2.45, 2.75) is 139 Å². The predicted octanol–water partition coefficient (Wildman–Crippen LogP) is 17.7. The Bertz CT molecular complexity index is 4450. The molecule has 0 aromatic heterocycles. The van der Waals surface area contributed by atoms with Crippen LogP contribution in [0.3, 0.4) is 0 Å². The third-order valence-electron chi connectivity index (χ3n) is 15.3. The molecule has 8 aromatic rings. The van der Waals surface area contributed by atoms with Gasteiger partial charge in [0, 0.05) is 63.9 Å². The number of hydrogen-bond acceptors (Lipinski definition) is 17. The third-order valence-corrected chi connectivity index (χ3v) is 18.6. The predicted molar refractivity (Wildman–Crippen MR) is 507 cm³/mol. The van der Waals surface area contributed by atoms with E-state index in [9.17, 15) is 55.1 Å². The highest BCUT2D eigenvalue weighted by Gasteiger charge is 2.25. The number of amides is 3. The van der Waals surface area contributed by atoms with Crippen LogP contribution < -0.4 is 60.6 Å². The SMILES string of the molecule is CC(C)(C)OC(=O)N[C@H](CNC(N)=S)Cc1ccc(Cl)cc1.CC(C)(C)OC(=O)N[C@H](CNC(N)=S)Cc1ccc(Cl)cc1.CCOC(=O)C(Br)c1ccc(F)c(F)c1.CCOC(=O)C(Br)c1ccc(F)c(F)c1.CCOC(=O)Cc1ccc(F)c(F)c1.Cl.Cl.NC[C@@H](N)Cc1ccc(Cl)cc1.N[C@H](CNC(=S)NC(=O)c1ccccc1)Cc1ccc(Cl)cc1. The summed E-state index contributed by atoms with van der Waals surface area (Å²) >= 11 is 44.1. The summed E-state index contributed by atoms with van der Waals surface area (Å²) in [7, 11) is 0. The zero-order valence-corrected chi connectivity index (χ0v) is 80.0. The van der Waals surface area contributed by atoms with Crippen LogP contribution >= 0.6 is 140 Å². The zero-order chi connectivity index (χ0) is 92.5. The lowest BCUT2D eigenvalue weighted by Gasteiger charge is -2.24. The van der Waals surface area contributed by atoms with Crippen molar-refractivity contribution in [3.63, 3.8) is 0 Å². The molecule has 16 N–H and O–H groups in total. The summed E-state index contributed by atoms with van der Waals surface area (Å²) in [5.74, 6) is -7.46. The molecule has 0 spiro atoms. The standard InChI is InChI=1S/C17H18ClN3OS.2C15H22ClN3O2S.2C10H9BrF2O2.C10H10F2O2.C9H13ClN2.2ClH/c18-14-8-6-12(7-9-14)10-15(19)11-20-17(23)21-16(22)13-4-2-1-3-5-13;2*1-15(2,3)21-14(20)19-12(9-18-13(17)22)8-10-4-6-11(16)7-5-10;2*1-2-15-10(14)9(11)6-3-4-7(12)8(13)5-6;1-2-14-10(13)6-7-3-4-8(11)9(12)5-7;10-8-3-1-7(2-4-8)5-9(12)6-11;;/h1-9,15H,10-11,19H2,(H2,20,21,22,23);2*4-7,12H,8-9H2,1-3H3,(H,19,20)(H3,17,18,22);2*3-5,9H,2H2,1H3;3-5H,2,6H2,1H3;1-4,9H,5-6,11-12H2;2*1H/t15-;2*12-;;;;9-;;/m000...0../s1. The number of rotatable bonds is 27. The molecule has 8 aromatic carbocycles. The van der Waals surface area contributed by atoms with Crippen LogP contribution in [0.2, 0.25) is 20.1 Å². The Kier molecular flexibility index (Phi) is 58.5. The van der Waals surface area contributed by atoms with Crippen molar-refractivity contribution in [1.29, 1.82) is 0 Å². The molecule has 125 heavy (non-hydrogen) atoms. The lowest BCUT2D eigenvalue weighted by molar-refractivity contribution is -0.143. The smallest absolute Gasteiger partial charge is 0.407 e. The van der Waals surface area contributed by atoms with Gasteiger partial charge in [0.05, 0.1) is 38.3 Å². The topological polar surface area (TPSA) is 351 Å². The summed E-state index contributed by atoms with van der Waals surface area (Å²) in [5.41, 5.74) is 32.9. The fraction of sp³-hybridized carbons (Fsp3) is 0.337. The molecule has 6 atom stereocenters. The van der Waals surface area contributed by atoms with Gasteiger partial charge in [-0.1, -0.05) is 163 Å². The minimum atomic E-state index is -0.985. The quantitative estimate of drug-likeness (QED) is 0.00749. The van der Waals surface area contributed by atoms with E-state index in [0.717, 1.165) is 64.5 Å². The van der Waals surface area contributed by atoms with Crippen molar-refractivity contribution in [3.8, 4) is 0 Å². The van der Waals surface area contributed by atoms with E-state index in [1.165, 1.54) is 23.8 Å². The first-order valence-corrected chi connectivity index (χ1v) is 42.4. The van der Waals surface area contributed by atoms with Crippen molar-refractivity contribution in [2.24, 2.45) is 28.7 Å². The number of alkyl halides is 2. The van der Waals surface area contributed by atoms with Crippen LogP contribution in [0.5, 0.6) is 0 Å². The van der Waals surface area contributed by atoms with Gasteiger partial charge in [0.1, 0.15) is 20.9 Å². The van der Waals surface area contributed by atoms with Crippen LogP contribution in [-0.2, 0) is 70.2 Å². The minimum Gasteiger partial charge on any atom is -0.466 e. The molecule has 0 saturated heterocycles. The fourth-order valence-corrected chi connectivity index (χ4v) is 11.3. The van der Waals surface area contributed by atoms with Crippen LogP contribution in [0, 0.1) is 34.9 Å². The van der Waals surface area contributed by atoms with Crippen molar-refractivity contribution in [3.05, 3.63) is 281 Å². The van der Waals surface area contributed by atoms with Gasteiger partial charge in [-0.25, -0.2) is 35.9 Å². The Morgan fingerprint density at radius 1 is 0.432 bits per heavy atom. The van der Waals surface area contributed by atoms with E-state index in [1.54, 1.807) is 45.0 Å². The molecule has 0 saturated carbocycles. The number of halogens is 14. The highest BCUT2D eigenvalue weighted by molar-refractivity contribution is 9.09. The van der Waals surface area contributed by atoms with Crippen LogP contribution in [0.15, 0.2) is 182 Å². The molecule has 0 aliphatic heterocycles. The van der Waals surface area contributed by atoms with Gasteiger partial charge in [-0.05, 0) is 261 Å². The highest BCUT2D eigenvalue weighted by Crippen LogP contribution is 2.28. The summed E-state index contributed by atoms with van der Waals surface area (Å²) < 4.78 is 101. The lowest BCUT2D eigenvalue weighted by Crippen LogP contribution is -2.47. The number of nitrogens with two attached hydrogens (primary N) is 5. The number of benzene rings is 8. The second kappa shape index (κ2) is 62.7. The van der Waals surface area contributed by atoms with E-state index >= 15 is 0 Å². The number of nitrogens with one attached hydrogen (secondary N) is 6. The summed E-state index contributed by atoms with van der Waals surface area (Å²) in [6.07, 6.45) is 1.73. The molecule has 0 fully saturated rings. The van der Waals surface area contributed by atoms with Crippen molar-refractivity contribution >= 4 is 191 Å². The number of ether oxygens (including phenoxy) is 5. The number of thiocarbonyl (C=S) groups is 3. The maximum atomic E-state index is 12.8. The van der Waals surface area contributed by atoms with Crippen molar-refractivity contribution < 1.29 is 78.8 Å². The van der Waals surface area contributed by atoms with Gasteiger partial charge in [-0.3, -0.25) is 24.5 Å². The number of esters is 3. The molecule has 0 heterocycles. The van der Waals surface area contributed by atoms with E-state index in [-0.39, 0.29) is 96.5 Å². The number of carbonyl (C=O) groups excluding carboxylic acids is 6. The zero-order valence-electron chi connectivity index (χ0n) is 69.7. The summed E-state index contributed by atoms with van der Waals surface area (Å²) in [6, 6.07) is 48.4. The lowest BCUT2D eigenvalue weighted by atomic mass is 10.1. The van der Waals surface area contributed by atoms with E-state index in [4.69, 9.17) is 131 Å². The van der Waals surface area contributed by atoms with Crippen LogP contribution in [0.4, 0.5) is 35.9 Å². The average Bonchev–Trinajstić information content (AvgIpc) is 0.813. The van der Waals surface area contributed by atoms with Crippen molar-refractivity contribution in [2.75, 3.05) is 46.0 Å². The first kappa shape index (κ1) is 117. The summed E-state index contributed by atoms with van der Waals surface area (Å²) in [6.45, 7) is 18.5. The Hall–Kier alpha value is -8.39. The first-order valence-electron chi connectivity index (χ1n) is 37.8. The maximum Gasteiger partial charge on any atom is 0.407 e. The average molecular weight is 2050 g/mol. The molecule has 3 amide bonds. The fourth-order valence-electron chi connectivity index (χ4n) is 9.66. The second-order valence-corrected chi connectivity index (χ2v) is 33.0. The van der Waals surface area contributed by atoms with Crippen molar-refractivity contribution in [1.82, 2.24) is 31.9 Å². The Balaban J connectivity index is 0.00000145. The van der Waals surface area contributed by atoms with E-state index in [0.29, 0.717) is 82.8 Å². The molecule has 0 bridgehead atoms. The van der Waals surface area contributed by atoms with E-state index < -0.39 is 85.9 Å². The van der Waals surface area contributed by atoms with Gasteiger partial charge in [0.2, 0.25) is 0 Å². The van der Waals surface area contributed by atoms with Crippen LogP contribution in [0.1, 0.15) is 121 Å². The number of carbonyl (C=O) groups is 6. The summed E-state index contributed by atoms with van der Waals surface area (Å²) in [4.78, 5) is 67.7. The molecular formula is C86H105Br2Cl6F6N11O11S3. The largest absolute Gasteiger partial charge is 0.466 e. The highest BCUT2D eigenvalue weighted by atomic mass is 79.9. The molecule has 686 valence electrons. The molecule has 0 aliphatic rings. The molecule has 8 rings (SSSR count). The van der Waals surface area contributed by atoms with Gasteiger partial charge in [-0.2, -0.15) is 0 Å². The number of alkyl carbamates (subject to hydrolysis) is 2. The monoisotopic (exact) mass is 2050 g/mol. The van der Waals surface area contributed by atoms with Crippen LogP contribution in [-0.4, -0.2) is 133 Å². The Morgan fingerprint density at radius 3 is 1.08 bits per heavy atom. The van der Waals surface area contributed by atoms with Gasteiger partial charge in [0.15, 0.2) is 50.2 Å². The van der Waals surface area contributed by atoms with Gasteiger partial charge in [0.25, 0.3) is 5.91 Å². The van der Waals surface area contributed by atoms with E-state index in [2.05, 4.69) is 68.5 Å². The second-order valence-electron chi connectivity index (χ2n) is 28.1. The molecule has 2 unspecified atom stereocenters. The van der Waals surface area contributed by atoms with Gasteiger partial charge >= 0.3 is 30.1 Å². The normalized spacial score (nSPS) is 11.8. The third kappa shape index (κ3) is 53.8.